The van der Waals surface area contributed by atoms with E-state index in [0.29, 0.717) is 0 Å². The number of halogens is 4. The maximum absolute atomic E-state index is 13.3. The second kappa shape index (κ2) is 5.16. The zero-order chi connectivity index (χ0) is 12.3. The number of alkyl halides is 3. The summed E-state index contributed by atoms with van der Waals surface area (Å²) in [7, 11) is 0.991. The second-order valence-corrected chi connectivity index (χ2v) is 3.05. The average molecular weight is 254 g/mol. The normalized spacial score (nSPS) is 10.6. The lowest BCUT2D eigenvalue weighted by atomic mass is 10.1. The van der Waals surface area contributed by atoms with Crippen molar-refractivity contribution in [2.24, 2.45) is 0 Å². The number of hydrogen-bond acceptors (Lipinski definition) is 3. The predicted octanol–water partition coefficient (Wildman–Crippen LogP) is 2.68. The number of rotatable bonds is 3. The van der Waals surface area contributed by atoms with Crippen LogP contribution in [0.15, 0.2) is 6.07 Å². The van der Waals surface area contributed by atoms with Crippen molar-refractivity contribution >= 4 is 17.6 Å². The highest BCUT2D eigenvalue weighted by Crippen LogP contribution is 2.26. The average Bonchev–Trinajstić information content (AvgIpc) is 2.26. The van der Waals surface area contributed by atoms with E-state index < -0.39 is 29.5 Å². The molecule has 1 rings (SSSR count). The number of esters is 1. The lowest BCUT2D eigenvalue weighted by Gasteiger charge is -2.08. The van der Waals surface area contributed by atoms with Gasteiger partial charge in [0, 0.05) is 0 Å². The first kappa shape index (κ1) is 12.8. The van der Waals surface area contributed by atoms with Crippen LogP contribution in [-0.4, -0.2) is 18.1 Å². The van der Waals surface area contributed by atoms with Gasteiger partial charge in [0.25, 0.3) is 6.43 Å². The summed E-state index contributed by atoms with van der Waals surface area (Å²) in [4.78, 5) is 14.6. The van der Waals surface area contributed by atoms with E-state index in [4.69, 9.17) is 11.6 Å². The molecule has 0 unspecified atom stereocenters. The van der Waals surface area contributed by atoms with Crippen LogP contribution in [0.1, 0.15) is 28.2 Å². The molecule has 0 aliphatic carbocycles. The Balaban J connectivity index is 3.40. The Kier molecular flexibility index (Phi) is 4.12. The van der Waals surface area contributed by atoms with E-state index in [1.165, 1.54) is 0 Å². The number of pyridine rings is 1. The number of hydrogen-bond donors (Lipinski definition) is 0. The molecule has 0 saturated carbocycles. The van der Waals surface area contributed by atoms with Crippen molar-refractivity contribution in [3.8, 4) is 0 Å². The highest BCUT2D eigenvalue weighted by atomic mass is 35.5. The van der Waals surface area contributed by atoms with Crippen molar-refractivity contribution in [3.05, 3.63) is 28.8 Å². The Bertz CT molecular complexity index is 412. The van der Waals surface area contributed by atoms with E-state index in [9.17, 15) is 18.0 Å². The van der Waals surface area contributed by atoms with Gasteiger partial charge in [0.05, 0.1) is 24.2 Å². The Morgan fingerprint density at radius 1 is 1.62 bits per heavy atom. The van der Waals surface area contributed by atoms with Crippen LogP contribution in [0.4, 0.5) is 13.2 Å². The van der Waals surface area contributed by atoms with Crippen molar-refractivity contribution in [1.82, 2.24) is 4.98 Å². The number of ether oxygens (including phenoxy) is 1. The van der Waals surface area contributed by atoms with Gasteiger partial charge < -0.3 is 4.74 Å². The number of aromatic nitrogens is 1. The highest BCUT2D eigenvalue weighted by Gasteiger charge is 2.25. The number of nitrogens with zero attached hydrogens (tertiary/aromatic N) is 1. The van der Waals surface area contributed by atoms with Crippen LogP contribution >= 0.6 is 11.6 Å². The molecule has 88 valence electrons. The minimum atomic E-state index is -3.15. The van der Waals surface area contributed by atoms with Crippen molar-refractivity contribution in [2.75, 3.05) is 7.11 Å². The van der Waals surface area contributed by atoms with Gasteiger partial charge in [-0.2, -0.15) is 0 Å². The third-order valence-corrected chi connectivity index (χ3v) is 2.07. The van der Waals surface area contributed by atoms with Crippen LogP contribution in [0.2, 0.25) is 0 Å². The van der Waals surface area contributed by atoms with Crippen LogP contribution in [0.25, 0.3) is 0 Å². The van der Waals surface area contributed by atoms with Crippen LogP contribution in [0.3, 0.4) is 0 Å². The molecule has 0 aliphatic rings. The summed E-state index contributed by atoms with van der Waals surface area (Å²) in [5.74, 6) is -2.54. The molecule has 0 fully saturated rings. The van der Waals surface area contributed by atoms with E-state index in [0.717, 1.165) is 13.2 Å². The Labute approximate surface area is 94.2 Å². The number of carbonyl (C=O) groups is 1. The summed E-state index contributed by atoms with van der Waals surface area (Å²) >= 11 is 5.38. The fourth-order valence-electron chi connectivity index (χ4n) is 1.10. The molecule has 16 heavy (non-hydrogen) atoms. The lowest BCUT2D eigenvalue weighted by Crippen LogP contribution is -2.12. The summed E-state index contributed by atoms with van der Waals surface area (Å²) < 4.78 is 42.5. The molecular formula is C9H7ClF3NO2. The smallest absolute Gasteiger partial charge is 0.357 e. The van der Waals surface area contributed by atoms with Gasteiger partial charge in [-0.05, 0) is 6.07 Å². The molecule has 7 heteroatoms. The first-order valence-electron chi connectivity index (χ1n) is 4.13. The van der Waals surface area contributed by atoms with Gasteiger partial charge >= 0.3 is 5.97 Å². The molecule has 3 nitrogen and oxygen atoms in total. The predicted molar refractivity (Wildman–Crippen MR) is 50.0 cm³/mol. The van der Waals surface area contributed by atoms with Gasteiger partial charge in [-0.1, -0.05) is 0 Å². The van der Waals surface area contributed by atoms with E-state index in [2.05, 4.69) is 9.72 Å². The molecule has 0 atom stereocenters. The zero-order valence-electron chi connectivity index (χ0n) is 8.14. The van der Waals surface area contributed by atoms with E-state index in [-0.39, 0.29) is 11.6 Å². The fourth-order valence-corrected chi connectivity index (χ4v) is 1.24. The van der Waals surface area contributed by atoms with Gasteiger partial charge in [-0.3, -0.25) is 0 Å². The third kappa shape index (κ3) is 2.44. The summed E-state index contributed by atoms with van der Waals surface area (Å²) in [5, 5.41) is 0. The van der Waals surface area contributed by atoms with Crippen LogP contribution < -0.4 is 0 Å². The highest BCUT2D eigenvalue weighted by molar-refractivity contribution is 6.16. The van der Waals surface area contributed by atoms with Crippen molar-refractivity contribution < 1.29 is 22.7 Å². The quantitative estimate of drug-likeness (QED) is 0.614. The van der Waals surface area contributed by atoms with E-state index in [1.54, 1.807) is 0 Å². The van der Waals surface area contributed by atoms with Crippen molar-refractivity contribution in [2.45, 2.75) is 12.3 Å². The maximum atomic E-state index is 13.3. The lowest BCUT2D eigenvalue weighted by molar-refractivity contribution is 0.0579. The van der Waals surface area contributed by atoms with E-state index >= 15 is 0 Å². The minimum Gasteiger partial charge on any atom is -0.464 e. The number of carbonyl (C=O) groups excluding carboxylic acids is 1. The van der Waals surface area contributed by atoms with Gasteiger partial charge in [0.1, 0.15) is 5.82 Å². The molecule has 0 saturated heterocycles. The number of methoxy groups -OCH3 is 1. The summed E-state index contributed by atoms with van der Waals surface area (Å²) in [6.45, 7) is 0. The summed E-state index contributed by atoms with van der Waals surface area (Å²) in [6.07, 6.45) is -3.15. The molecule has 0 N–H and O–H groups in total. The van der Waals surface area contributed by atoms with Gasteiger partial charge in [0.15, 0.2) is 5.69 Å². The molecule has 0 radical (unpaired) electrons. The first-order valence-corrected chi connectivity index (χ1v) is 4.66. The maximum Gasteiger partial charge on any atom is 0.357 e. The Morgan fingerprint density at radius 3 is 2.69 bits per heavy atom. The first-order chi connectivity index (χ1) is 7.51. The van der Waals surface area contributed by atoms with Crippen molar-refractivity contribution in [3.63, 3.8) is 0 Å². The minimum absolute atomic E-state index is 0.0102. The fraction of sp³-hybridized carbons (Fsp3) is 0.333. The molecule has 0 bridgehead atoms. The largest absolute Gasteiger partial charge is 0.464 e. The molecule has 1 aromatic heterocycles. The SMILES string of the molecule is COC(=O)c1nc(CCl)cc(F)c1C(F)F. The van der Waals surface area contributed by atoms with Crippen LogP contribution in [0.5, 0.6) is 0 Å². The van der Waals surface area contributed by atoms with Gasteiger partial charge in [-0.25, -0.2) is 22.9 Å². The second-order valence-electron chi connectivity index (χ2n) is 2.78. The van der Waals surface area contributed by atoms with Gasteiger partial charge in [0.2, 0.25) is 0 Å². The molecule has 1 aromatic rings. The Hall–Kier alpha value is -1.30. The van der Waals surface area contributed by atoms with Crippen molar-refractivity contribution in [1.29, 1.82) is 0 Å². The molecule has 0 amide bonds. The van der Waals surface area contributed by atoms with Gasteiger partial charge in [-0.15, -0.1) is 11.6 Å². The van der Waals surface area contributed by atoms with E-state index in [1.807, 2.05) is 0 Å². The molecule has 0 spiro atoms. The molecule has 0 aromatic carbocycles. The monoisotopic (exact) mass is 253 g/mol. The Morgan fingerprint density at radius 2 is 2.25 bits per heavy atom. The topological polar surface area (TPSA) is 39.2 Å². The standard InChI is InChI=1S/C9H7ClF3NO2/c1-16-9(15)7-6(8(12)13)5(11)2-4(3-10)14-7/h2,8H,3H2,1H3. The summed E-state index contributed by atoms with van der Waals surface area (Å²) in [6, 6.07) is 0.765. The van der Waals surface area contributed by atoms with Crippen LogP contribution in [-0.2, 0) is 10.6 Å². The van der Waals surface area contributed by atoms with Crippen LogP contribution in [0, 0.1) is 5.82 Å². The molecule has 1 heterocycles. The third-order valence-electron chi connectivity index (χ3n) is 1.80. The summed E-state index contributed by atoms with van der Waals surface area (Å²) in [5.41, 5.74) is -1.82. The zero-order valence-corrected chi connectivity index (χ0v) is 8.89. The molecular weight excluding hydrogens is 247 g/mol. The molecule has 0 aliphatic heterocycles.